The molecule has 0 fully saturated rings. The van der Waals surface area contributed by atoms with E-state index >= 15 is 0 Å². The minimum absolute atomic E-state index is 0.0627. The summed E-state index contributed by atoms with van der Waals surface area (Å²) in [6, 6.07) is 21.7. The first-order chi connectivity index (χ1) is 19.3. The summed E-state index contributed by atoms with van der Waals surface area (Å²) >= 11 is 12.5. The zero-order valence-corrected chi connectivity index (χ0v) is 22.9. The largest absolute Gasteiger partial charge is 0.478 e. The van der Waals surface area contributed by atoms with Gasteiger partial charge in [-0.3, -0.25) is 4.79 Å². The number of amides is 1. The molecule has 0 radical (unpaired) electrons. The Hall–Kier alpha value is -4.20. The Morgan fingerprint density at radius 1 is 0.975 bits per heavy atom. The smallest absolute Gasteiger partial charge is 0.336 e. The number of hydrogen-bond donors (Lipinski definition) is 3. The molecule has 1 aromatic heterocycles. The molecule has 0 saturated heterocycles. The quantitative estimate of drug-likeness (QED) is 0.173. The van der Waals surface area contributed by atoms with Gasteiger partial charge < -0.3 is 15.4 Å². The van der Waals surface area contributed by atoms with Crippen LogP contribution in [0.3, 0.4) is 0 Å². The third-order valence-electron chi connectivity index (χ3n) is 6.66. The first-order valence-electron chi connectivity index (χ1n) is 12.6. The van der Waals surface area contributed by atoms with Crippen LogP contribution in [-0.4, -0.2) is 27.0 Å². The molecule has 9 heteroatoms. The van der Waals surface area contributed by atoms with Crippen LogP contribution >= 0.6 is 23.2 Å². The van der Waals surface area contributed by atoms with Crippen LogP contribution < -0.4 is 5.32 Å². The van der Waals surface area contributed by atoms with Gasteiger partial charge in [-0.25, -0.2) is 14.2 Å². The van der Waals surface area contributed by atoms with Gasteiger partial charge in [-0.2, -0.15) is 0 Å². The Kier molecular flexibility index (Phi) is 7.87. The number of carboxylic acid groups (broad SMARTS) is 1. The van der Waals surface area contributed by atoms with Crippen LogP contribution in [0, 0.1) is 5.82 Å². The van der Waals surface area contributed by atoms with E-state index in [0.717, 1.165) is 18.4 Å². The molecule has 0 aliphatic heterocycles. The number of imidazole rings is 1. The number of halogens is 3. The third-order valence-corrected chi connectivity index (χ3v) is 7.26. The zero-order valence-electron chi connectivity index (χ0n) is 21.3. The minimum atomic E-state index is -1.22. The van der Waals surface area contributed by atoms with Gasteiger partial charge in [-0.1, -0.05) is 85.1 Å². The van der Waals surface area contributed by atoms with E-state index in [1.54, 1.807) is 30.3 Å². The summed E-state index contributed by atoms with van der Waals surface area (Å²) in [4.78, 5) is 33.3. The molecule has 0 aliphatic rings. The van der Waals surface area contributed by atoms with Crippen molar-refractivity contribution in [3.8, 4) is 22.5 Å². The summed E-state index contributed by atoms with van der Waals surface area (Å²) in [5.41, 5.74) is 3.17. The number of rotatable bonds is 8. The molecular weight excluding hydrogens is 552 g/mol. The van der Waals surface area contributed by atoms with Gasteiger partial charge in [0.05, 0.1) is 27.7 Å². The fourth-order valence-electron chi connectivity index (χ4n) is 4.75. The monoisotopic (exact) mass is 575 g/mol. The van der Waals surface area contributed by atoms with Gasteiger partial charge in [0.2, 0.25) is 0 Å². The van der Waals surface area contributed by atoms with E-state index < -0.39 is 11.8 Å². The van der Waals surface area contributed by atoms with Crippen LogP contribution in [0.25, 0.3) is 33.5 Å². The SMILES string of the molecule is CCC[C@@H](NC(=O)c1ccc(-c2c(Cl)cccc2-c2nc3cc(Cl)c(F)cc3[nH]2)c(C(=O)O)c1)c1ccccc1. The lowest BCUT2D eigenvalue weighted by molar-refractivity contribution is 0.0697. The number of nitrogens with one attached hydrogen (secondary N) is 2. The topological polar surface area (TPSA) is 95.1 Å². The van der Waals surface area contributed by atoms with Crippen molar-refractivity contribution in [1.29, 1.82) is 0 Å². The lowest BCUT2D eigenvalue weighted by Crippen LogP contribution is -2.28. The number of aromatic carboxylic acids is 1. The Labute approximate surface area is 239 Å². The van der Waals surface area contributed by atoms with Crippen molar-refractivity contribution in [2.45, 2.75) is 25.8 Å². The lowest BCUT2D eigenvalue weighted by Gasteiger charge is -2.19. The number of fused-ring (bicyclic) bond motifs is 1. The number of hydrogen-bond acceptors (Lipinski definition) is 3. The van der Waals surface area contributed by atoms with Gasteiger partial charge in [0, 0.05) is 27.8 Å². The van der Waals surface area contributed by atoms with E-state index in [1.807, 2.05) is 37.3 Å². The van der Waals surface area contributed by atoms with Crippen molar-refractivity contribution in [2.24, 2.45) is 0 Å². The molecule has 0 aliphatic carbocycles. The third kappa shape index (κ3) is 5.43. The van der Waals surface area contributed by atoms with Crippen LogP contribution in [0.5, 0.6) is 0 Å². The number of benzene rings is 4. The van der Waals surface area contributed by atoms with Gasteiger partial charge in [-0.05, 0) is 41.8 Å². The Morgan fingerprint density at radius 2 is 1.75 bits per heavy atom. The highest BCUT2D eigenvalue weighted by Crippen LogP contribution is 2.39. The van der Waals surface area contributed by atoms with Crippen LogP contribution in [0.4, 0.5) is 4.39 Å². The number of carbonyl (C=O) groups is 2. The maximum atomic E-state index is 14.0. The molecule has 40 heavy (non-hydrogen) atoms. The van der Waals surface area contributed by atoms with Crippen molar-refractivity contribution in [2.75, 3.05) is 0 Å². The van der Waals surface area contributed by atoms with E-state index in [-0.39, 0.29) is 33.1 Å². The molecule has 0 bridgehead atoms. The molecule has 1 atom stereocenters. The summed E-state index contributed by atoms with van der Waals surface area (Å²) < 4.78 is 14.0. The molecule has 0 unspecified atom stereocenters. The molecule has 1 heterocycles. The van der Waals surface area contributed by atoms with Crippen LogP contribution in [-0.2, 0) is 0 Å². The Bertz CT molecular complexity index is 1700. The summed E-state index contributed by atoms with van der Waals surface area (Å²) in [5, 5.41) is 13.4. The highest BCUT2D eigenvalue weighted by Gasteiger charge is 2.23. The fraction of sp³-hybridized carbons (Fsp3) is 0.129. The Balaban J connectivity index is 1.56. The first-order valence-corrected chi connectivity index (χ1v) is 13.4. The van der Waals surface area contributed by atoms with Gasteiger partial charge >= 0.3 is 5.97 Å². The van der Waals surface area contributed by atoms with Crippen molar-refractivity contribution >= 4 is 46.1 Å². The lowest BCUT2D eigenvalue weighted by atomic mass is 9.93. The van der Waals surface area contributed by atoms with E-state index in [0.29, 0.717) is 33.5 Å². The zero-order chi connectivity index (χ0) is 28.4. The minimum Gasteiger partial charge on any atom is -0.478 e. The van der Waals surface area contributed by atoms with Crippen LogP contribution in [0.1, 0.15) is 52.1 Å². The van der Waals surface area contributed by atoms with Crippen LogP contribution in [0.2, 0.25) is 10.0 Å². The number of aromatic amines is 1. The predicted octanol–water partition coefficient (Wildman–Crippen LogP) is 8.31. The highest BCUT2D eigenvalue weighted by molar-refractivity contribution is 6.34. The van der Waals surface area contributed by atoms with Crippen molar-refractivity contribution in [3.05, 3.63) is 111 Å². The van der Waals surface area contributed by atoms with E-state index in [4.69, 9.17) is 23.2 Å². The van der Waals surface area contributed by atoms with Crippen molar-refractivity contribution < 1.29 is 19.1 Å². The Morgan fingerprint density at radius 3 is 2.48 bits per heavy atom. The van der Waals surface area contributed by atoms with E-state index in [1.165, 1.54) is 18.2 Å². The molecule has 202 valence electrons. The molecule has 5 aromatic rings. The molecular formula is C31H24Cl2FN3O3. The van der Waals surface area contributed by atoms with Gasteiger partial charge in [-0.15, -0.1) is 0 Å². The molecule has 0 saturated carbocycles. The number of nitrogens with zero attached hydrogens (tertiary/aromatic N) is 1. The van der Waals surface area contributed by atoms with Crippen LogP contribution in [0.15, 0.2) is 78.9 Å². The van der Waals surface area contributed by atoms with Crippen molar-refractivity contribution in [1.82, 2.24) is 15.3 Å². The second-order valence-electron chi connectivity index (χ2n) is 9.32. The van der Waals surface area contributed by atoms with Crippen molar-refractivity contribution in [3.63, 3.8) is 0 Å². The summed E-state index contributed by atoms with van der Waals surface area (Å²) in [6.45, 7) is 2.04. The maximum absolute atomic E-state index is 14.0. The second kappa shape index (κ2) is 11.5. The number of carboxylic acids is 1. The molecule has 5 rings (SSSR count). The highest BCUT2D eigenvalue weighted by atomic mass is 35.5. The average molecular weight is 576 g/mol. The molecule has 6 nitrogen and oxygen atoms in total. The van der Waals surface area contributed by atoms with Gasteiger partial charge in [0.25, 0.3) is 5.91 Å². The van der Waals surface area contributed by atoms with Gasteiger partial charge in [0.1, 0.15) is 11.6 Å². The maximum Gasteiger partial charge on any atom is 0.336 e. The molecule has 1 amide bonds. The van der Waals surface area contributed by atoms with E-state index in [2.05, 4.69) is 15.3 Å². The summed E-state index contributed by atoms with van der Waals surface area (Å²) in [7, 11) is 0. The number of carbonyl (C=O) groups excluding carboxylic acids is 1. The molecule has 0 spiro atoms. The number of aromatic nitrogens is 2. The second-order valence-corrected chi connectivity index (χ2v) is 10.1. The molecule has 4 aromatic carbocycles. The van der Waals surface area contributed by atoms with E-state index in [9.17, 15) is 19.1 Å². The normalized spacial score (nSPS) is 11.9. The summed E-state index contributed by atoms with van der Waals surface area (Å²) in [6.07, 6.45) is 1.59. The fourth-order valence-corrected chi connectivity index (χ4v) is 5.18. The standard InChI is InChI=1S/C31H24Cl2FN3O3/c1-2-7-25(17-8-4-3-5-9-17)37-30(38)18-12-13-19(21(14-18)31(39)40)28-20(10-6-11-22(28)32)29-35-26-15-23(33)24(34)16-27(26)36-29/h3-6,8-16,25H,2,7H2,1H3,(H,35,36)(H,37,38)(H,39,40)/t25-/m1/s1. The summed E-state index contributed by atoms with van der Waals surface area (Å²) in [5.74, 6) is -1.84. The predicted molar refractivity (Wildman–Crippen MR) is 155 cm³/mol. The molecule has 3 N–H and O–H groups in total. The first kappa shape index (κ1) is 27.4. The average Bonchev–Trinajstić information content (AvgIpc) is 3.35. The van der Waals surface area contributed by atoms with Gasteiger partial charge in [0.15, 0.2) is 0 Å². The number of H-pyrrole nitrogens is 1.